The topological polar surface area (TPSA) is 65.9 Å². The Morgan fingerprint density at radius 1 is 1.35 bits per heavy atom. The van der Waals surface area contributed by atoms with Crippen molar-refractivity contribution in [2.45, 2.75) is 32.4 Å². The number of aliphatic hydroxyl groups excluding tert-OH is 1. The van der Waals surface area contributed by atoms with Crippen molar-refractivity contribution >= 4 is 17.6 Å². The molecule has 1 saturated carbocycles. The number of hydrogen-bond acceptors (Lipinski definition) is 3. The molecule has 1 aliphatic rings. The Hall–Kier alpha value is -1.30. The fourth-order valence-electron chi connectivity index (χ4n) is 2.03. The van der Waals surface area contributed by atoms with Crippen molar-refractivity contribution in [3.63, 3.8) is 0 Å². The largest absolute Gasteiger partial charge is 0.389 e. The summed E-state index contributed by atoms with van der Waals surface area (Å²) in [4.78, 5) is 4.50. The average molecular weight is 340 g/mol. The maximum absolute atomic E-state index is 9.93. The maximum Gasteiger partial charge on any atom is 0.191 e. The molecule has 0 heterocycles. The van der Waals surface area contributed by atoms with Crippen molar-refractivity contribution in [2.24, 2.45) is 10.9 Å². The van der Waals surface area contributed by atoms with Gasteiger partial charge in [0.1, 0.15) is 0 Å². The van der Waals surface area contributed by atoms with E-state index >= 15 is 0 Å². The minimum atomic E-state index is -0.534. The van der Waals surface area contributed by atoms with E-state index in [1.165, 1.54) is 12.8 Å². The number of nitrogens with one attached hydrogen (secondary N) is 2. The van der Waals surface area contributed by atoms with Crippen molar-refractivity contribution in [2.75, 3.05) is 26.3 Å². The summed E-state index contributed by atoms with van der Waals surface area (Å²) in [6.07, 6.45) is 1.99. The molecule has 0 bridgehead atoms. The van der Waals surface area contributed by atoms with E-state index in [9.17, 15) is 5.11 Å². The third kappa shape index (κ3) is 7.68. The van der Waals surface area contributed by atoms with Crippen LogP contribution < -0.4 is 10.6 Å². The van der Waals surface area contributed by atoms with Crippen LogP contribution in [0, 0.1) is 5.92 Å². The molecule has 0 amide bonds. The Balaban J connectivity index is 1.72. The minimum Gasteiger partial charge on any atom is -0.389 e. The Kier molecular flexibility index (Phi) is 7.65. The lowest BCUT2D eigenvalue weighted by atomic mass is 10.2. The minimum absolute atomic E-state index is 0.361. The summed E-state index contributed by atoms with van der Waals surface area (Å²) in [5.41, 5.74) is 1.08. The number of rotatable bonds is 9. The molecule has 2 rings (SSSR count). The molecule has 0 spiro atoms. The van der Waals surface area contributed by atoms with Crippen molar-refractivity contribution in [3.05, 3.63) is 34.9 Å². The number of benzene rings is 1. The first-order valence-electron chi connectivity index (χ1n) is 8.19. The highest BCUT2D eigenvalue weighted by molar-refractivity contribution is 6.30. The van der Waals surface area contributed by atoms with E-state index in [1.54, 1.807) is 0 Å². The second-order valence-corrected chi connectivity index (χ2v) is 6.27. The van der Waals surface area contributed by atoms with Crippen LogP contribution in [0.3, 0.4) is 0 Å². The lowest BCUT2D eigenvalue weighted by Crippen LogP contribution is -2.42. The van der Waals surface area contributed by atoms with Gasteiger partial charge >= 0.3 is 0 Å². The smallest absolute Gasteiger partial charge is 0.191 e. The van der Waals surface area contributed by atoms with Crippen LogP contribution in [0.4, 0.5) is 0 Å². The third-order valence-electron chi connectivity index (χ3n) is 3.54. The predicted molar refractivity (Wildman–Crippen MR) is 93.8 cm³/mol. The summed E-state index contributed by atoms with van der Waals surface area (Å²) in [5, 5.41) is 17.0. The van der Waals surface area contributed by atoms with Gasteiger partial charge in [-0.3, -0.25) is 0 Å². The Labute approximate surface area is 143 Å². The summed E-state index contributed by atoms with van der Waals surface area (Å²) in [7, 11) is 0. The third-order valence-corrected chi connectivity index (χ3v) is 3.80. The van der Waals surface area contributed by atoms with Crippen LogP contribution in [0.15, 0.2) is 29.3 Å². The number of hydrogen-bond donors (Lipinski definition) is 3. The molecule has 128 valence electrons. The molecule has 6 heteroatoms. The van der Waals surface area contributed by atoms with Crippen molar-refractivity contribution in [1.29, 1.82) is 0 Å². The molecule has 1 atom stereocenters. The van der Waals surface area contributed by atoms with E-state index in [0.29, 0.717) is 31.6 Å². The van der Waals surface area contributed by atoms with Crippen LogP contribution in [0.25, 0.3) is 0 Å². The van der Waals surface area contributed by atoms with Crippen LogP contribution in [-0.2, 0) is 11.3 Å². The summed E-state index contributed by atoms with van der Waals surface area (Å²) in [6.45, 7) is 4.87. The zero-order valence-corrected chi connectivity index (χ0v) is 14.4. The maximum atomic E-state index is 9.93. The number of nitrogens with zero attached hydrogens (tertiary/aromatic N) is 1. The van der Waals surface area contributed by atoms with Gasteiger partial charge in [0.15, 0.2) is 5.96 Å². The van der Waals surface area contributed by atoms with Crippen LogP contribution >= 0.6 is 11.6 Å². The highest BCUT2D eigenvalue weighted by Crippen LogP contribution is 2.28. The SMILES string of the molecule is CCNC(=NCc1ccc(Cl)cc1)NCC(O)COCC1CC1. The second kappa shape index (κ2) is 9.75. The number of aliphatic hydroxyl groups is 1. The van der Waals surface area contributed by atoms with Gasteiger partial charge in [-0.25, -0.2) is 4.99 Å². The van der Waals surface area contributed by atoms with Gasteiger partial charge in [-0.15, -0.1) is 0 Å². The lowest BCUT2D eigenvalue weighted by molar-refractivity contribution is 0.0345. The fraction of sp³-hybridized carbons (Fsp3) is 0.588. The first-order chi connectivity index (χ1) is 11.2. The molecule has 0 aliphatic heterocycles. The summed E-state index contributed by atoms with van der Waals surface area (Å²) in [6, 6.07) is 7.62. The Bertz CT molecular complexity index is 489. The molecule has 1 aromatic rings. The number of ether oxygens (including phenoxy) is 1. The first-order valence-corrected chi connectivity index (χ1v) is 8.57. The molecule has 1 aromatic carbocycles. The monoisotopic (exact) mass is 339 g/mol. The quantitative estimate of drug-likeness (QED) is 0.476. The molecule has 1 aliphatic carbocycles. The fourth-order valence-corrected chi connectivity index (χ4v) is 2.16. The van der Waals surface area contributed by atoms with E-state index < -0.39 is 6.10 Å². The first kappa shape index (κ1) is 18.0. The van der Waals surface area contributed by atoms with Gasteiger partial charge < -0.3 is 20.5 Å². The van der Waals surface area contributed by atoms with E-state index in [-0.39, 0.29) is 0 Å². The molecule has 0 saturated heterocycles. The van der Waals surface area contributed by atoms with Crippen molar-refractivity contribution in [3.8, 4) is 0 Å². The van der Waals surface area contributed by atoms with Crippen LogP contribution in [0.2, 0.25) is 5.02 Å². The zero-order chi connectivity index (χ0) is 16.5. The predicted octanol–water partition coefficient (Wildman–Crippen LogP) is 2.18. The Morgan fingerprint density at radius 2 is 2.09 bits per heavy atom. The van der Waals surface area contributed by atoms with E-state index in [2.05, 4.69) is 15.6 Å². The van der Waals surface area contributed by atoms with Gasteiger partial charge in [0, 0.05) is 24.7 Å². The highest BCUT2D eigenvalue weighted by atomic mass is 35.5. The van der Waals surface area contributed by atoms with Gasteiger partial charge in [-0.1, -0.05) is 23.7 Å². The summed E-state index contributed by atoms with van der Waals surface area (Å²) < 4.78 is 5.49. The van der Waals surface area contributed by atoms with Gasteiger partial charge in [-0.2, -0.15) is 0 Å². The normalized spacial score (nSPS) is 16.2. The average Bonchev–Trinajstić information content (AvgIpc) is 3.36. The Morgan fingerprint density at radius 3 is 2.74 bits per heavy atom. The number of guanidine groups is 1. The highest BCUT2D eigenvalue weighted by Gasteiger charge is 2.21. The molecular weight excluding hydrogens is 314 g/mol. The van der Waals surface area contributed by atoms with Crippen LogP contribution in [-0.4, -0.2) is 43.5 Å². The standard InChI is InChI=1S/C17H26ClN3O2/c1-2-19-17(20-9-13-5-7-15(18)8-6-13)21-10-16(22)12-23-11-14-3-4-14/h5-8,14,16,22H,2-4,9-12H2,1H3,(H2,19,20,21). The molecule has 3 N–H and O–H groups in total. The molecule has 1 fully saturated rings. The van der Waals surface area contributed by atoms with E-state index in [1.807, 2.05) is 31.2 Å². The van der Waals surface area contributed by atoms with Gasteiger partial charge in [0.2, 0.25) is 0 Å². The molecule has 1 unspecified atom stereocenters. The van der Waals surface area contributed by atoms with Crippen LogP contribution in [0.1, 0.15) is 25.3 Å². The molecule has 5 nitrogen and oxygen atoms in total. The molecule has 0 radical (unpaired) electrons. The second-order valence-electron chi connectivity index (χ2n) is 5.84. The van der Waals surface area contributed by atoms with Gasteiger partial charge in [0.25, 0.3) is 0 Å². The van der Waals surface area contributed by atoms with Crippen LogP contribution in [0.5, 0.6) is 0 Å². The number of halogens is 1. The van der Waals surface area contributed by atoms with E-state index in [4.69, 9.17) is 16.3 Å². The molecule has 0 aromatic heterocycles. The van der Waals surface area contributed by atoms with E-state index in [0.717, 1.165) is 23.7 Å². The van der Waals surface area contributed by atoms with Gasteiger partial charge in [0.05, 0.1) is 19.3 Å². The van der Waals surface area contributed by atoms with Gasteiger partial charge in [-0.05, 0) is 43.4 Å². The summed E-state index contributed by atoms with van der Waals surface area (Å²) in [5.74, 6) is 1.40. The lowest BCUT2D eigenvalue weighted by Gasteiger charge is -2.15. The molecule has 23 heavy (non-hydrogen) atoms. The zero-order valence-electron chi connectivity index (χ0n) is 13.6. The summed E-state index contributed by atoms with van der Waals surface area (Å²) >= 11 is 5.87. The number of aliphatic imine (C=N–C) groups is 1. The van der Waals surface area contributed by atoms with Crippen molar-refractivity contribution < 1.29 is 9.84 Å². The molecular formula is C17H26ClN3O2. The van der Waals surface area contributed by atoms with Crippen molar-refractivity contribution in [1.82, 2.24) is 10.6 Å².